The van der Waals surface area contributed by atoms with Crippen LogP contribution in [0.5, 0.6) is 0 Å². The molecule has 0 saturated heterocycles. The van der Waals surface area contributed by atoms with Crippen molar-refractivity contribution in [3.05, 3.63) is 34.9 Å². The molecule has 3 heteroatoms. The van der Waals surface area contributed by atoms with Gasteiger partial charge in [-0.3, -0.25) is 4.79 Å². The maximum Gasteiger partial charge on any atom is 0.217 e. The Hall–Kier alpha value is -1.02. The highest BCUT2D eigenvalue weighted by Gasteiger charge is 2.30. The summed E-state index contributed by atoms with van der Waals surface area (Å²) < 4.78 is 0. The lowest BCUT2D eigenvalue weighted by atomic mass is 9.76. The van der Waals surface area contributed by atoms with Crippen LogP contribution < -0.4 is 5.32 Å². The molecule has 0 spiro atoms. The third-order valence-electron chi connectivity index (χ3n) is 2.87. The van der Waals surface area contributed by atoms with Gasteiger partial charge in [-0.1, -0.05) is 23.7 Å². The Morgan fingerprint density at radius 3 is 2.80 bits per heavy atom. The molecular formula is C12H14ClNO. The number of nitrogens with one attached hydrogen (secondary N) is 1. The highest BCUT2D eigenvalue weighted by atomic mass is 35.5. The van der Waals surface area contributed by atoms with Crippen molar-refractivity contribution in [3.63, 3.8) is 0 Å². The van der Waals surface area contributed by atoms with E-state index >= 15 is 0 Å². The standard InChI is InChI=1S/C12H14ClNO/c1-8(15)14-12-6-10(7-12)9-3-2-4-11(13)5-9/h2-5,10,12H,6-7H2,1H3,(H,14,15). The van der Waals surface area contributed by atoms with Crippen LogP contribution in [0, 0.1) is 0 Å². The van der Waals surface area contributed by atoms with Gasteiger partial charge in [0.2, 0.25) is 5.91 Å². The highest BCUT2D eigenvalue weighted by molar-refractivity contribution is 6.30. The largest absolute Gasteiger partial charge is 0.354 e. The molecule has 2 nitrogen and oxygen atoms in total. The van der Waals surface area contributed by atoms with Gasteiger partial charge in [0.1, 0.15) is 0 Å². The van der Waals surface area contributed by atoms with Crippen LogP contribution in [0.25, 0.3) is 0 Å². The van der Waals surface area contributed by atoms with E-state index < -0.39 is 0 Å². The zero-order valence-corrected chi connectivity index (χ0v) is 9.42. The highest BCUT2D eigenvalue weighted by Crippen LogP contribution is 2.37. The predicted molar refractivity (Wildman–Crippen MR) is 61.0 cm³/mol. The first-order chi connectivity index (χ1) is 7.15. The summed E-state index contributed by atoms with van der Waals surface area (Å²) in [5.41, 5.74) is 1.28. The molecule has 0 heterocycles. The zero-order valence-electron chi connectivity index (χ0n) is 8.66. The number of halogens is 1. The SMILES string of the molecule is CC(=O)NC1CC(c2cccc(Cl)c2)C1. The van der Waals surface area contributed by atoms with Crippen LogP contribution in [0.15, 0.2) is 24.3 Å². The third-order valence-corrected chi connectivity index (χ3v) is 3.10. The van der Waals surface area contributed by atoms with Crippen LogP contribution in [0.3, 0.4) is 0 Å². The second-order valence-corrected chi connectivity index (χ2v) is 4.56. The summed E-state index contributed by atoms with van der Waals surface area (Å²) in [7, 11) is 0. The Morgan fingerprint density at radius 2 is 2.20 bits per heavy atom. The van der Waals surface area contributed by atoms with Gasteiger partial charge in [0.05, 0.1) is 0 Å². The van der Waals surface area contributed by atoms with Gasteiger partial charge in [-0.15, -0.1) is 0 Å². The van der Waals surface area contributed by atoms with Gasteiger partial charge in [0.15, 0.2) is 0 Å². The summed E-state index contributed by atoms with van der Waals surface area (Å²) >= 11 is 5.92. The normalized spacial score (nSPS) is 24.4. The van der Waals surface area contributed by atoms with E-state index in [-0.39, 0.29) is 5.91 Å². The Labute approximate surface area is 94.6 Å². The molecule has 80 valence electrons. The minimum absolute atomic E-state index is 0.0598. The van der Waals surface area contributed by atoms with Gasteiger partial charge in [-0.2, -0.15) is 0 Å². The van der Waals surface area contributed by atoms with E-state index in [1.54, 1.807) is 6.92 Å². The van der Waals surface area contributed by atoms with Crippen molar-refractivity contribution < 1.29 is 4.79 Å². The van der Waals surface area contributed by atoms with Gasteiger partial charge in [-0.05, 0) is 36.5 Å². The minimum Gasteiger partial charge on any atom is -0.354 e. The summed E-state index contributed by atoms with van der Waals surface area (Å²) in [6.07, 6.45) is 2.06. The summed E-state index contributed by atoms with van der Waals surface area (Å²) in [6, 6.07) is 8.32. The second kappa shape index (κ2) is 4.23. The van der Waals surface area contributed by atoms with Gasteiger partial charge >= 0.3 is 0 Å². The smallest absolute Gasteiger partial charge is 0.217 e. The van der Waals surface area contributed by atoms with Crippen molar-refractivity contribution in [2.45, 2.75) is 31.7 Å². The fourth-order valence-corrected chi connectivity index (χ4v) is 2.25. The molecule has 1 aromatic carbocycles. The van der Waals surface area contributed by atoms with Crippen molar-refractivity contribution in [2.24, 2.45) is 0 Å². The quantitative estimate of drug-likeness (QED) is 0.821. The molecule has 0 unspecified atom stereocenters. The van der Waals surface area contributed by atoms with E-state index in [4.69, 9.17) is 11.6 Å². The van der Waals surface area contributed by atoms with E-state index in [1.807, 2.05) is 18.2 Å². The molecule has 1 aromatic rings. The van der Waals surface area contributed by atoms with E-state index in [0.29, 0.717) is 12.0 Å². The minimum atomic E-state index is 0.0598. The summed E-state index contributed by atoms with van der Waals surface area (Å²) in [4.78, 5) is 10.8. The van der Waals surface area contributed by atoms with Gasteiger partial charge in [0, 0.05) is 18.0 Å². The fourth-order valence-electron chi connectivity index (χ4n) is 2.06. The van der Waals surface area contributed by atoms with Crippen molar-refractivity contribution in [1.29, 1.82) is 0 Å². The number of amides is 1. The van der Waals surface area contributed by atoms with Crippen molar-refractivity contribution in [1.82, 2.24) is 5.32 Å². The van der Waals surface area contributed by atoms with E-state index in [9.17, 15) is 4.79 Å². The molecule has 0 atom stereocenters. The van der Waals surface area contributed by atoms with Gasteiger partial charge in [0.25, 0.3) is 0 Å². The molecular weight excluding hydrogens is 210 g/mol. The molecule has 15 heavy (non-hydrogen) atoms. The number of rotatable bonds is 2. The molecule has 1 aliphatic rings. The van der Waals surface area contributed by atoms with E-state index in [2.05, 4.69) is 11.4 Å². The van der Waals surface area contributed by atoms with Crippen molar-refractivity contribution in [3.8, 4) is 0 Å². The lowest BCUT2D eigenvalue weighted by molar-refractivity contribution is -0.120. The number of benzene rings is 1. The molecule has 0 radical (unpaired) electrons. The first-order valence-electron chi connectivity index (χ1n) is 5.17. The van der Waals surface area contributed by atoms with Crippen LogP contribution in [-0.2, 0) is 4.79 Å². The number of hydrogen-bond acceptors (Lipinski definition) is 1. The number of hydrogen-bond donors (Lipinski definition) is 1. The second-order valence-electron chi connectivity index (χ2n) is 4.12. The molecule has 0 bridgehead atoms. The van der Waals surface area contributed by atoms with Gasteiger partial charge in [-0.25, -0.2) is 0 Å². The topological polar surface area (TPSA) is 29.1 Å². The van der Waals surface area contributed by atoms with Crippen LogP contribution in [-0.4, -0.2) is 11.9 Å². The first kappa shape index (κ1) is 10.5. The van der Waals surface area contributed by atoms with Crippen molar-refractivity contribution >= 4 is 17.5 Å². The lowest BCUT2D eigenvalue weighted by Crippen LogP contribution is -2.42. The molecule has 1 saturated carbocycles. The number of carbonyl (C=O) groups is 1. The van der Waals surface area contributed by atoms with E-state index in [0.717, 1.165) is 17.9 Å². The molecule has 0 aliphatic heterocycles. The Kier molecular flexibility index (Phi) is 2.96. The third kappa shape index (κ3) is 2.51. The lowest BCUT2D eigenvalue weighted by Gasteiger charge is -2.36. The van der Waals surface area contributed by atoms with E-state index in [1.165, 1.54) is 5.56 Å². The van der Waals surface area contributed by atoms with Crippen LogP contribution in [0.1, 0.15) is 31.2 Å². The first-order valence-corrected chi connectivity index (χ1v) is 5.55. The Bertz CT molecular complexity index is 372. The molecule has 1 amide bonds. The summed E-state index contributed by atoms with van der Waals surface area (Å²) in [5, 5.41) is 3.71. The molecule has 1 fully saturated rings. The predicted octanol–water partition coefficient (Wildman–Crippen LogP) is 2.72. The average Bonchev–Trinajstić information content (AvgIpc) is 2.10. The summed E-state index contributed by atoms with van der Waals surface area (Å²) in [5.74, 6) is 0.616. The zero-order chi connectivity index (χ0) is 10.8. The van der Waals surface area contributed by atoms with Crippen LogP contribution in [0.4, 0.5) is 0 Å². The Balaban J connectivity index is 1.92. The maximum atomic E-state index is 10.8. The maximum absolute atomic E-state index is 10.8. The average molecular weight is 224 g/mol. The van der Waals surface area contributed by atoms with Crippen LogP contribution in [0.2, 0.25) is 5.02 Å². The van der Waals surface area contributed by atoms with Crippen LogP contribution >= 0.6 is 11.6 Å². The molecule has 1 N–H and O–H groups in total. The molecule has 0 aromatic heterocycles. The monoisotopic (exact) mass is 223 g/mol. The Morgan fingerprint density at radius 1 is 1.47 bits per heavy atom. The fraction of sp³-hybridized carbons (Fsp3) is 0.417. The van der Waals surface area contributed by atoms with Crippen molar-refractivity contribution in [2.75, 3.05) is 0 Å². The van der Waals surface area contributed by atoms with Gasteiger partial charge < -0.3 is 5.32 Å². The molecule has 2 rings (SSSR count). The molecule has 1 aliphatic carbocycles. The number of carbonyl (C=O) groups excluding carboxylic acids is 1. The summed E-state index contributed by atoms with van der Waals surface area (Å²) in [6.45, 7) is 1.56.